The summed E-state index contributed by atoms with van der Waals surface area (Å²) in [6.45, 7) is 3.04. The van der Waals surface area contributed by atoms with Crippen LogP contribution in [0.1, 0.15) is 30.7 Å². The summed E-state index contributed by atoms with van der Waals surface area (Å²) in [5.41, 5.74) is 1.33. The maximum absolute atomic E-state index is 12.6. The van der Waals surface area contributed by atoms with E-state index >= 15 is 0 Å². The number of fused-ring (bicyclic) bond motifs is 1. The standard InChI is InChI=1S/C17H22N2O/c20-17(15-9-14(15)12-5-2-1-3-6-12)19-10-13-7-4-8-18-16(13)11-19/h1-3,5-6,13-16,18H,4,7-11H2/t13-,14?,15?,16+/m0/s1. The summed E-state index contributed by atoms with van der Waals surface area (Å²) in [7, 11) is 0. The van der Waals surface area contributed by atoms with E-state index in [0.29, 0.717) is 23.8 Å². The molecule has 0 aromatic heterocycles. The number of benzene rings is 1. The third kappa shape index (κ3) is 2.14. The zero-order valence-corrected chi connectivity index (χ0v) is 11.8. The summed E-state index contributed by atoms with van der Waals surface area (Å²) in [5, 5.41) is 3.57. The zero-order valence-electron chi connectivity index (χ0n) is 11.8. The maximum atomic E-state index is 12.6. The maximum Gasteiger partial charge on any atom is 0.226 e. The molecule has 2 aliphatic heterocycles. The molecule has 2 unspecified atom stereocenters. The summed E-state index contributed by atoms with van der Waals surface area (Å²) in [5.74, 6) is 1.81. The Kier molecular flexibility index (Phi) is 3.03. The van der Waals surface area contributed by atoms with E-state index in [1.807, 2.05) is 6.07 Å². The predicted octanol–water partition coefficient (Wildman–Crippen LogP) is 2.00. The number of hydrogen-bond acceptors (Lipinski definition) is 2. The fourth-order valence-electron chi connectivity index (χ4n) is 4.00. The second-order valence-electron chi connectivity index (χ2n) is 6.57. The zero-order chi connectivity index (χ0) is 13.5. The van der Waals surface area contributed by atoms with E-state index < -0.39 is 0 Å². The first-order chi connectivity index (χ1) is 9.83. The molecule has 1 aromatic rings. The van der Waals surface area contributed by atoms with Crippen molar-refractivity contribution in [2.24, 2.45) is 11.8 Å². The van der Waals surface area contributed by atoms with Crippen molar-refractivity contribution in [3.63, 3.8) is 0 Å². The van der Waals surface area contributed by atoms with Crippen molar-refractivity contribution in [3.05, 3.63) is 35.9 Å². The van der Waals surface area contributed by atoms with Gasteiger partial charge < -0.3 is 10.2 Å². The molecule has 2 saturated heterocycles. The van der Waals surface area contributed by atoms with Crippen LogP contribution >= 0.6 is 0 Å². The molecule has 4 rings (SSSR count). The lowest BCUT2D eigenvalue weighted by Gasteiger charge is -2.24. The Bertz CT molecular complexity index is 487. The molecule has 0 bridgehead atoms. The summed E-state index contributed by atoms with van der Waals surface area (Å²) >= 11 is 0. The Morgan fingerprint density at radius 2 is 2.05 bits per heavy atom. The predicted molar refractivity (Wildman–Crippen MR) is 78.4 cm³/mol. The van der Waals surface area contributed by atoms with Crippen molar-refractivity contribution in [1.29, 1.82) is 0 Å². The number of amides is 1. The summed E-state index contributed by atoms with van der Waals surface area (Å²) in [6.07, 6.45) is 3.59. The Morgan fingerprint density at radius 3 is 2.85 bits per heavy atom. The fourth-order valence-corrected chi connectivity index (χ4v) is 4.00. The largest absolute Gasteiger partial charge is 0.341 e. The van der Waals surface area contributed by atoms with Gasteiger partial charge in [-0.15, -0.1) is 0 Å². The van der Waals surface area contributed by atoms with Gasteiger partial charge in [0.25, 0.3) is 0 Å². The summed E-state index contributed by atoms with van der Waals surface area (Å²) in [6, 6.07) is 11.1. The Balaban J connectivity index is 1.40. The molecule has 4 atom stereocenters. The van der Waals surface area contributed by atoms with Crippen LogP contribution in [0.3, 0.4) is 0 Å². The van der Waals surface area contributed by atoms with Gasteiger partial charge in [-0.05, 0) is 43.2 Å². The van der Waals surface area contributed by atoms with Gasteiger partial charge in [0.1, 0.15) is 0 Å². The summed E-state index contributed by atoms with van der Waals surface area (Å²) in [4.78, 5) is 14.8. The van der Waals surface area contributed by atoms with Gasteiger partial charge in [0.2, 0.25) is 5.91 Å². The van der Waals surface area contributed by atoms with Gasteiger partial charge in [0, 0.05) is 25.0 Å². The van der Waals surface area contributed by atoms with Gasteiger partial charge in [-0.25, -0.2) is 0 Å². The minimum absolute atomic E-state index is 0.248. The number of hydrogen-bond donors (Lipinski definition) is 1. The minimum Gasteiger partial charge on any atom is -0.341 e. The molecule has 3 nitrogen and oxygen atoms in total. The highest BCUT2D eigenvalue weighted by atomic mass is 16.2. The number of rotatable bonds is 2. The molecule has 1 saturated carbocycles. The van der Waals surface area contributed by atoms with Gasteiger partial charge in [0.05, 0.1) is 0 Å². The average molecular weight is 270 g/mol. The third-order valence-electron chi connectivity index (χ3n) is 5.25. The van der Waals surface area contributed by atoms with Crippen LogP contribution in [0.5, 0.6) is 0 Å². The van der Waals surface area contributed by atoms with E-state index in [2.05, 4.69) is 34.5 Å². The SMILES string of the molecule is O=C(C1CC1c1ccccc1)N1C[C@@H]2CCCN[C@@H]2C1. The second-order valence-corrected chi connectivity index (χ2v) is 6.57. The summed E-state index contributed by atoms with van der Waals surface area (Å²) < 4.78 is 0. The Labute approximate surface area is 120 Å². The van der Waals surface area contributed by atoms with Crippen LogP contribution in [0.4, 0.5) is 0 Å². The van der Waals surface area contributed by atoms with Gasteiger partial charge in [-0.1, -0.05) is 30.3 Å². The van der Waals surface area contributed by atoms with Crippen molar-refractivity contribution >= 4 is 5.91 Å². The van der Waals surface area contributed by atoms with Crippen molar-refractivity contribution in [1.82, 2.24) is 10.2 Å². The highest BCUT2D eigenvalue weighted by Gasteiger charge is 2.48. The van der Waals surface area contributed by atoms with Crippen LogP contribution in [-0.2, 0) is 4.79 Å². The molecule has 3 heteroatoms. The van der Waals surface area contributed by atoms with E-state index in [4.69, 9.17) is 0 Å². The monoisotopic (exact) mass is 270 g/mol. The molecule has 106 valence electrons. The van der Waals surface area contributed by atoms with Crippen LogP contribution in [-0.4, -0.2) is 36.5 Å². The lowest BCUT2D eigenvalue weighted by Crippen LogP contribution is -2.41. The van der Waals surface area contributed by atoms with Crippen LogP contribution < -0.4 is 5.32 Å². The molecule has 20 heavy (non-hydrogen) atoms. The second kappa shape index (κ2) is 4.88. The number of nitrogens with one attached hydrogen (secondary N) is 1. The molecule has 1 aromatic carbocycles. The number of likely N-dealkylation sites (tertiary alicyclic amines) is 1. The molecule has 0 spiro atoms. The molecule has 0 radical (unpaired) electrons. The molecule has 1 aliphatic carbocycles. The smallest absolute Gasteiger partial charge is 0.226 e. The minimum atomic E-state index is 0.248. The molecular formula is C17H22N2O. The van der Waals surface area contributed by atoms with Crippen molar-refractivity contribution in [3.8, 4) is 0 Å². The van der Waals surface area contributed by atoms with Gasteiger partial charge >= 0.3 is 0 Å². The first kappa shape index (κ1) is 12.4. The lowest BCUT2D eigenvalue weighted by atomic mass is 9.94. The highest BCUT2D eigenvalue weighted by molar-refractivity contribution is 5.83. The molecule has 3 aliphatic rings. The van der Waals surface area contributed by atoms with E-state index in [-0.39, 0.29) is 5.92 Å². The molecule has 2 heterocycles. The Hall–Kier alpha value is -1.35. The molecule has 3 fully saturated rings. The molecular weight excluding hydrogens is 248 g/mol. The van der Waals surface area contributed by atoms with Crippen molar-refractivity contribution < 1.29 is 4.79 Å². The average Bonchev–Trinajstić information content (AvgIpc) is 3.18. The number of piperidine rings is 1. The van der Waals surface area contributed by atoms with Crippen LogP contribution in [0.25, 0.3) is 0 Å². The number of nitrogens with zero attached hydrogens (tertiary/aromatic N) is 1. The van der Waals surface area contributed by atoms with E-state index in [1.165, 1.54) is 18.4 Å². The first-order valence-electron chi connectivity index (χ1n) is 7.90. The third-order valence-corrected chi connectivity index (χ3v) is 5.25. The normalized spacial score (nSPS) is 35.7. The molecule has 1 N–H and O–H groups in total. The van der Waals surface area contributed by atoms with Crippen molar-refractivity contribution in [2.45, 2.75) is 31.2 Å². The fraction of sp³-hybridized carbons (Fsp3) is 0.588. The first-order valence-corrected chi connectivity index (χ1v) is 7.90. The van der Waals surface area contributed by atoms with Gasteiger partial charge in [0.15, 0.2) is 0 Å². The van der Waals surface area contributed by atoms with E-state index in [9.17, 15) is 4.79 Å². The van der Waals surface area contributed by atoms with Crippen LogP contribution in [0.15, 0.2) is 30.3 Å². The van der Waals surface area contributed by atoms with Crippen molar-refractivity contribution in [2.75, 3.05) is 19.6 Å². The lowest BCUT2D eigenvalue weighted by molar-refractivity contribution is -0.131. The topological polar surface area (TPSA) is 32.3 Å². The van der Waals surface area contributed by atoms with Gasteiger partial charge in [-0.3, -0.25) is 4.79 Å². The van der Waals surface area contributed by atoms with Crippen LogP contribution in [0.2, 0.25) is 0 Å². The van der Waals surface area contributed by atoms with E-state index in [1.54, 1.807) is 0 Å². The highest BCUT2D eigenvalue weighted by Crippen LogP contribution is 2.48. The van der Waals surface area contributed by atoms with Gasteiger partial charge in [-0.2, -0.15) is 0 Å². The van der Waals surface area contributed by atoms with Crippen LogP contribution in [0, 0.1) is 11.8 Å². The molecule has 1 amide bonds. The number of carbonyl (C=O) groups is 1. The van der Waals surface area contributed by atoms with E-state index in [0.717, 1.165) is 26.1 Å². The quantitative estimate of drug-likeness (QED) is 0.891. The Morgan fingerprint density at radius 1 is 1.20 bits per heavy atom. The number of carbonyl (C=O) groups excluding carboxylic acids is 1.